The Bertz CT molecular complexity index is 328. The Kier molecular flexibility index (Phi) is 4.84. The SMILES string of the molecule is CC(CCc1ccco1)NCC1(CO)CCCC1. The Morgan fingerprint density at radius 1 is 1.44 bits per heavy atom. The highest BCUT2D eigenvalue weighted by Gasteiger charge is 2.32. The number of furan rings is 1. The summed E-state index contributed by atoms with van der Waals surface area (Å²) in [5.41, 5.74) is 0.152. The van der Waals surface area contributed by atoms with Crippen molar-refractivity contribution in [1.29, 1.82) is 0 Å². The largest absolute Gasteiger partial charge is 0.469 e. The number of hydrogen-bond donors (Lipinski definition) is 2. The van der Waals surface area contributed by atoms with Gasteiger partial charge in [0.15, 0.2) is 0 Å². The Balaban J connectivity index is 1.69. The predicted octanol–water partition coefficient (Wildman–Crippen LogP) is 2.74. The summed E-state index contributed by atoms with van der Waals surface area (Å²) in [5.74, 6) is 1.06. The van der Waals surface area contributed by atoms with E-state index in [-0.39, 0.29) is 5.41 Å². The number of nitrogens with one attached hydrogen (secondary N) is 1. The van der Waals surface area contributed by atoms with Gasteiger partial charge in [0.05, 0.1) is 6.26 Å². The van der Waals surface area contributed by atoms with Crippen molar-refractivity contribution in [2.45, 2.75) is 51.5 Å². The van der Waals surface area contributed by atoms with Crippen molar-refractivity contribution in [2.75, 3.05) is 13.2 Å². The Labute approximate surface area is 110 Å². The van der Waals surface area contributed by atoms with E-state index >= 15 is 0 Å². The average molecular weight is 251 g/mol. The molecule has 1 unspecified atom stereocenters. The second-order valence-electron chi connectivity index (χ2n) is 5.77. The Morgan fingerprint density at radius 2 is 2.22 bits per heavy atom. The fourth-order valence-corrected chi connectivity index (χ4v) is 2.82. The summed E-state index contributed by atoms with van der Waals surface area (Å²) < 4.78 is 5.34. The normalized spacial score (nSPS) is 20.1. The van der Waals surface area contributed by atoms with Crippen LogP contribution in [0.1, 0.15) is 44.8 Å². The molecule has 0 spiro atoms. The van der Waals surface area contributed by atoms with Crippen LogP contribution in [0.4, 0.5) is 0 Å². The summed E-state index contributed by atoms with van der Waals surface area (Å²) in [6.07, 6.45) is 8.66. The van der Waals surface area contributed by atoms with Crippen molar-refractivity contribution in [3.05, 3.63) is 24.2 Å². The number of rotatable bonds is 7. The maximum absolute atomic E-state index is 9.55. The second-order valence-corrected chi connectivity index (χ2v) is 5.77. The van der Waals surface area contributed by atoms with Crippen LogP contribution in [0.2, 0.25) is 0 Å². The van der Waals surface area contributed by atoms with Gasteiger partial charge in [0.25, 0.3) is 0 Å². The van der Waals surface area contributed by atoms with Gasteiger partial charge < -0.3 is 14.8 Å². The first kappa shape index (κ1) is 13.6. The minimum absolute atomic E-state index is 0.152. The van der Waals surface area contributed by atoms with E-state index in [2.05, 4.69) is 12.2 Å². The van der Waals surface area contributed by atoms with Crippen LogP contribution in [0.15, 0.2) is 22.8 Å². The zero-order valence-corrected chi connectivity index (χ0v) is 11.3. The van der Waals surface area contributed by atoms with Crippen molar-refractivity contribution in [1.82, 2.24) is 5.32 Å². The molecule has 0 aromatic carbocycles. The van der Waals surface area contributed by atoms with Gasteiger partial charge in [0.1, 0.15) is 5.76 Å². The lowest BCUT2D eigenvalue weighted by atomic mass is 9.87. The molecule has 1 aliphatic rings. The van der Waals surface area contributed by atoms with Gasteiger partial charge in [-0.15, -0.1) is 0 Å². The third-order valence-corrected chi connectivity index (χ3v) is 4.23. The van der Waals surface area contributed by atoms with Gasteiger partial charge in [-0.2, -0.15) is 0 Å². The maximum atomic E-state index is 9.55. The van der Waals surface area contributed by atoms with Crippen LogP contribution in [0, 0.1) is 5.41 Å². The molecule has 1 aromatic rings. The van der Waals surface area contributed by atoms with Crippen LogP contribution in [0.3, 0.4) is 0 Å². The summed E-state index contributed by atoms with van der Waals surface area (Å²) in [7, 11) is 0. The summed E-state index contributed by atoms with van der Waals surface area (Å²) in [6, 6.07) is 4.44. The van der Waals surface area contributed by atoms with Crippen molar-refractivity contribution < 1.29 is 9.52 Å². The summed E-state index contributed by atoms with van der Waals surface area (Å²) >= 11 is 0. The van der Waals surface area contributed by atoms with Gasteiger partial charge in [0, 0.05) is 31.0 Å². The second kappa shape index (κ2) is 6.39. The summed E-state index contributed by atoms with van der Waals surface area (Å²) in [6.45, 7) is 3.48. The van der Waals surface area contributed by atoms with Crippen LogP contribution in [0.5, 0.6) is 0 Å². The fourth-order valence-electron chi connectivity index (χ4n) is 2.82. The molecule has 1 fully saturated rings. The van der Waals surface area contributed by atoms with Gasteiger partial charge in [-0.3, -0.25) is 0 Å². The van der Waals surface area contributed by atoms with E-state index in [0.29, 0.717) is 12.6 Å². The van der Waals surface area contributed by atoms with E-state index in [1.54, 1.807) is 6.26 Å². The summed E-state index contributed by atoms with van der Waals surface area (Å²) in [5, 5.41) is 13.1. The predicted molar refractivity (Wildman–Crippen MR) is 72.5 cm³/mol. The molecule has 1 aromatic heterocycles. The van der Waals surface area contributed by atoms with Crippen molar-refractivity contribution in [2.24, 2.45) is 5.41 Å². The first-order valence-electron chi connectivity index (χ1n) is 7.11. The lowest BCUT2D eigenvalue weighted by molar-refractivity contribution is 0.125. The molecular formula is C15H25NO2. The minimum atomic E-state index is 0.152. The Hall–Kier alpha value is -0.800. The molecule has 0 radical (unpaired) electrons. The van der Waals surface area contributed by atoms with Gasteiger partial charge in [0.2, 0.25) is 0 Å². The quantitative estimate of drug-likeness (QED) is 0.783. The van der Waals surface area contributed by atoms with E-state index in [4.69, 9.17) is 4.42 Å². The third kappa shape index (κ3) is 3.59. The first-order chi connectivity index (χ1) is 8.74. The van der Waals surface area contributed by atoms with Gasteiger partial charge >= 0.3 is 0 Å². The third-order valence-electron chi connectivity index (χ3n) is 4.23. The fraction of sp³-hybridized carbons (Fsp3) is 0.733. The standard InChI is InChI=1S/C15H25NO2/c1-13(6-7-14-5-4-10-18-14)16-11-15(12-17)8-2-3-9-15/h4-5,10,13,16-17H,2-3,6-9,11-12H2,1H3. The van der Waals surface area contributed by atoms with Gasteiger partial charge in [-0.25, -0.2) is 0 Å². The summed E-state index contributed by atoms with van der Waals surface area (Å²) in [4.78, 5) is 0. The van der Waals surface area contributed by atoms with E-state index < -0.39 is 0 Å². The molecule has 0 amide bonds. The highest BCUT2D eigenvalue weighted by Crippen LogP contribution is 2.37. The van der Waals surface area contributed by atoms with E-state index in [9.17, 15) is 5.11 Å². The Morgan fingerprint density at radius 3 is 2.83 bits per heavy atom. The molecule has 3 heteroatoms. The molecule has 2 N–H and O–H groups in total. The molecule has 102 valence electrons. The molecule has 0 bridgehead atoms. The monoisotopic (exact) mass is 251 g/mol. The number of aliphatic hydroxyl groups excluding tert-OH is 1. The highest BCUT2D eigenvalue weighted by molar-refractivity contribution is 4.98. The van der Waals surface area contributed by atoms with E-state index in [1.165, 1.54) is 25.7 Å². The molecule has 1 saturated carbocycles. The molecule has 1 aliphatic carbocycles. The van der Waals surface area contributed by atoms with E-state index in [0.717, 1.165) is 25.1 Å². The zero-order chi connectivity index (χ0) is 12.8. The lowest BCUT2D eigenvalue weighted by Gasteiger charge is -2.28. The number of aryl methyl sites for hydroxylation is 1. The molecule has 1 atom stereocenters. The molecule has 1 heterocycles. The van der Waals surface area contributed by atoms with Crippen LogP contribution in [-0.2, 0) is 6.42 Å². The minimum Gasteiger partial charge on any atom is -0.469 e. The highest BCUT2D eigenvalue weighted by atomic mass is 16.3. The maximum Gasteiger partial charge on any atom is 0.103 e. The smallest absolute Gasteiger partial charge is 0.103 e. The zero-order valence-electron chi connectivity index (χ0n) is 11.3. The van der Waals surface area contributed by atoms with Gasteiger partial charge in [-0.05, 0) is 38.3 Å². The van der Waals surface area contributed by atoms with E-state index in [1.807, 2.05) is 12.1 Å². The average Bonchev–Trinajstić information content (AvgIpc) is 3.06. The van der Waals surface area contributed by atoms with Gasteiger partial charge in [-0.1, -0.05) is 12.8 Å². The number of aliphatic hydroxyl groups is 1. The van der Waals surface area contributed by atoms with Crippen LogP contribution in [-0.4, -0.2) is 24.3 Å². The lowest BCUT2D eigenvalue weighted by Crippen LogP contribution is -2.39. The van der Waals surface area contributed by atoms with Crippen LogP contribution < -0.4 is 5.32 Å². The molecule has 2 rings (SSSR count). The molecule has 0 aliphatic heterocycles. The molecule has 0 saturated heterocycles. The topological polar surface area (TPSA) is 45.4 Å². The first-order valence-corrected chi connectivity index (χ1v) is 7.11. The van der Waals surface area contributed by atoms with Crippen molar-refractivity contribution >= 4 is 0 Å². The number of hydrogen-bond acceptors (Lipinski definition) is 3. The molecule has 3 nitrogen and oxygen atoms in total. The molecule has 18 heavy (non-hydrogen) atoms. The van der Waals surface area contributed by atoms with Crippen molar-refractivity contribution in [3.8, 4) is 0 Å². The van der Waals surface area contributed by atoms with Crippen LogP contribution in [0.25, 0.3) is 0 Å². The van der Waals surface area contributed by atoms with Crippen molar-refractivity contribution in [3.63, 3.8) is 0 Å². The van der Waals surface area contributed by atoms with Crippen LogP contribution >= 0.6 is 0 Å². The molecular weight excluding hydrogens is 226 g/mol.